The summed E-state index contributed by atoms with van der Waals surface area (Å²) in [7, 11) is -2.13. The van der Waals surface area contributed by atoms with Gasteiger partial charge < -0.3 is 9.16 Å². The monoisotopic (exact) mass is 342 g/mol. The quantitative estimate of drug-likeness (QED) is 0.748. The van der Waals surface area contributed by atoms with Crippen molar-refractivity contribution in [3.8, 4) is 0 Å². The first-order chi connectivity index (χ1) is 11.4. The van der Waals surface area contributed by atoms with Crippen molar-refractivity contribution in [2.75, 3.05) is 6.61 Å². The smallest absolute Gasteiger partial charge is 0.170 e. The molecule has 2 nitrogen and oxygen atoms in total. The van der Waals surface area contributed by atoms with Gasteiger partial charge in [-0.15, -0.1) is 0 Å². The number of benzene rings is 2. The highest BCUT2D eigenvalue weighted by Crippen LogP contribution is 2.29. The molecule has 0 N–H and O–H groups in total. The van der Waals surface area contributed by atoms with Gasteiger partial charge in [0.1, 0.15) is 5.41 Å². The van der Waals surface area contributed by atoms with E-state index >= 15 is 0 Å². The molecule has 1 saturated heterocycles. The molecule has 2 aromatic rings. The predicted molar refractivity (Wildman–Crippen MR) is 102 cm³/mol. The molecule has 1 atom stereocenters. The molecule has 0 saturated carbocycles. The van der Waals surface area contributed by atoms with Crippen LogP contribution >= 0.6 is 0 Å². The van der Waals surface area contributed by atoms with Crippen molar-refractivity contribution in [2.45, 2.75) is 37.6 Å². The van der Waals surface area contributed by atoms with Crippen molar-refractivity contribution in [1.29, 1.82) is 0 Å². The lowest BCUT2D eigenvalue weighted by Gasteiger charge is -2.43. The zero-order valence-corrected chi connectivity index (χ0v) is 16.5. The van der Waals surface area contributed by atoms with Crippen LogP contribution in [0.3, 0.4) is 0 Å². The van der Waals surface area contributed by atoms with Crippen molar-refractivity contribution >= 4 is 28.9 Å². The topological polar surface area (TPSA) is 18.5 Å². The van der Waals surface area contributed by atoms with Crippen molar-refractivity contribution in [2.24, 2.45) is 0 Å². The highest BCUT2D eigenvalue weighted by molar-refractivity contribution is 6.87. The fraction of sp³-hybridized carbons (Fsp3) is 0.368. The Morgan fingerprint density at radius 3 is 2.09 bits per heavy atom. The summed E-state index contributed by atoms with van der Waals surface area (Å²) in [5.74, 6) is 0. The van der Waals surface area contributed by atoms with Crippen molar-refractivity contribution in [3.63, 3.8) is 0 Å². The predicted octanol–water partition coefficient (Wildman–Crippen LogP) is 2.00. The molecule has 0 aliphatic carbocycles. The van der Waals surface area contributed by atoms with E-state index in [1.807, 2.05) is 0 Å². The Morgan fingerprint density at radius 1 is 1.00 bits per heavy atom. The van der Waals surface area contributed by atoms with Crippen LogP contribution < -0.4 is 10.4 Å². The van der Waals surface area contributed by atoms with Crippen molar-refractivity contribution in [3.05, 3.63) is 60.7 Å². The maximum atomic E-state index is 6.57. The Balaban J connectivity index is 2.04. The number of rotatable bonds is 6. The standard InChI is InChI=1S/C19H26O2Si2/c1-2-22-21-19(15-9-10-16-20-19)23(17-11-5-3-6-12-17)18-13-7-4-8-14-18/h3-8,11-14,23H,2,9-10,15-16,22H2,1H3. The largest absolute Gasteiger partial charge is 0.400 e. The van der Waals surface area contributed by atoms with Crippen LogP contribution in [-0.4, -0.2) is 30.6 Å². The van der Waals surface area contributed by atoms with Crippen molar-refractivity contribution in [1.82, 2.24) is 0 Å². The first-order valence-electron chi connectivity index (χ1n) is 8.73. The van der Waals surface area contributed by atoms with E-state index in [2.05, 4.69) is 67.6 Å². The first-order valence-corrected chi connectivity index (χ1v) is 12.0. The molecular weight excluding hydrogens is 316 g/mol. The van der Waals surface area contributed by atoms with Gasteiger partial charge in [-0.1, -0.05) is 78.0 Å². The summed E-state index contributed by atoms with van der Waals surface area (Å²) in [6, 6.07) is 23.0. The van der Waals surface area contributed by atoms with Gasteiger partial charge in [0.2, 0.25) is 0 Å². The van der Waals surface area contributed by atoms with Crippen LogP contribution in [0, 0.1) is 0 Å². The van der Waals surface area contributed by atoms with Crippen LogP contribution in [0.1, 0.15) is 26.2 Å². The zero-order chi connectivity index (χ0) is 16.0. The Morgan fingerprint density at radius 2 is 1.61 bits per heavy atom. The van der Waals surface area contributed by atoms with E-state index in [4.69, 9.17) is 9.16 Å². The fourth-order valence-electron chi connectivity index (χ4n) is 3.48. The minimum atomic E-state index is -1.61. The Hall–Kier alpha value is -1.21. The van der Waals surface area contributed by atoms with E-state index in [0.717, 1.165) is 25.5 Å². The molecule has 0 radical (unpaired) electrons. The Bertz CT molecular complexity index is 543. The summed E-state index contributed by atoms with van der Waals surface area (Å²) in [5.41, 5.74) is -0.344. The van der Waals surface area contributed by atoms with Gasteiger partial charge in [-0.25, -0.2) is 0 Å². The van der Waals surface area contributed by atoms with Gasteiger partial charge >= 0.3 is 0 Å². The van der Waals surface area contributed by atoms with E-state index in [9.17, 15) is 0 Å². The summed E-state index contributed by atoms with van der Waals surface area (Å²) in [4.78, 5) is 0. The molecule has 1 aliphatic heterocycles. The molecule has 2 aromatic carbocycles. The van der Waals surface area contributed by atoms with Gasteiger partial charge in [-0.2, -0.15) is 0 Å². The molecule has 0 bridgehead atoms. The van der Waals surface area contributed by atoms with Gasteiger partial charge in [0, 0.05) is 6.61 Å². The third kappa shape index (κ3) is 3.83. The van der Waals surface area contributed by atoms with Gasteiger partial charge in [-0.05, 0) is 25.3 Å². The second-order valence-corrected chi connectivity index (χ2v) is 11.0. The lowest BCUT2D eigenvalue weighted by molar-refractivity contribution is -0.147. The van der Waals surface area contributed by atoms with Crippen molar-refractivity contribution < 1.29 is 9.16 Å². The second kappa shape index (κ2) is 8.06. The maximum Gasteiger partial charge on any atom is 0.170 e. The molecule has 1 aliphatic rings. The second-order valence-electron chi connectivity index (χ2n) is 6.22. The average Bonchev–Trinajstić information content (AvgIpc) is 2.63. The van der Waals surface area contributed by atoms with Gasteiger partial charge in [-0.3, -0.25) is 0 Å². The third-order valence-corrected chi connectivity index (χ3v) is 9.56. The molecule has 4 heteroatoms. The molecule has 0 aromatic heterocycles. The molecule has 0 spiro atoms. The average molecular weight is 343 g/mol. The molecule has 23 heavy (non-hydrogen) atoms. The summed E-state index contributed by atoms with van der Waals surface area (Å²) in [6.45, 7) is 3.06. The van der Waals surface area contributed by atoms with Crippen LogP contribution in [-0.2, 0) is 9.16 Å². The van der Waals surface area contributed by atoms with E-state index < -0.39 is 18.6 Å². The van der Waals surface area contributed by atoms with Gasteiger partial charge in [0.05, 0.1) is 0 Å². The minimum absolute atomic E-state index is 0.344. The minimum Gasteiger partial charge on any atom is -0.400 e. The van der Waals surface area contributed by atoms with Crippen LogP contribution in [0.2, 0.25) is 6.04 Å². The highest BCUT2D eigenvalue weighted by atomic mass is 28.3. The molecule has 1 unspecified atom stereocenters. The van der Waals surface area contributed by atoms with Crippen LogP contribution in [0.5, 0.6) is 0 Å². The molecule has 3 rings (SSSR count). The van der Waals surface area contributed by atoms with E-state index in [1.54, 1.807) is 0 Å². The third-order valence-electron chi connectivity index (χ3n) is 4.52. The number of hydrogen-bond acceptors (Lipinski definition) is 2. The van der Waals surface area contributed by atoms with Gasteiger partial charge in [0.25, 0.3) is 0 Å². The lowest BCUT2D eigenvalue weighted by atomic mass is 10.2. The van der Waals surface area contributed by atoms with E-state index in [1.165, 1.54) is 16.8 Å². The SMILES string of the molecule is CC[SiH2]OC1([SiH](c2ccccc2)c2ccccc2)CCCCO1. The molecule has 1 fully saturated rings. The molecule has 1 heterocycles. The zero-order valence-electron chi connectivity index (χ0n) is 13.9. The number of ether oxygens (including phenoxy) is 1. The van der Waals surface area contributed by atoms with Gasteiger partial charge in [0.15, 0.2) is 18.6 Å². The van der Waals surface area contributed by atoms with Crippen LogP contribution in [0.4, 0.5) is 0 Å². The van der Waals surface area contributed by atoms with E-state index in [-0.39, 0.29) is 5.41 Å². The van der Waals surface area contributed by atoms with E-state index in [0.29, 0.717) is 0 Å². The first kappa shape index (κ1) is 16.6. The Kier molecular flexibility index (Phi) is 5.83. The highest BCUT2D eigenvalue weighted by Gasteiger charge is 2.44. The lowest BCUT2D eigenvalue weighted by Crippen LogP contribution is -2.64. The summed E-state index contributed by atoms with van der Waals surface area (Å²) in [6.07, 6.45) is 3.41. The molecule has 122 valence electrons. The van der Waals surface area contributed by atoms with Crippen LogP contribution in [0.25, 0.3) is 0 Å². The fourth-order valence-corrected chi connectivity index (χ4v) is 8.67. The summed E-state index contributed by atoms with van der Waals surface area (Å²) in [5, 5.41) is 2.84. The number of hydrogen-bond donors (Lipinski definition) is 0. The maximum absolute atomic E-state index is 6.57. The molecule has 0 amide bonds. The normalized spacial score (nSPS) is 22.0. The molecular formula is C19H26O2Si2. The summed E-state index contributed by atoms with van der Waals surface area (Å²) < 4.78 is 13.0. The Labute approximate surface area is 143 Å². The van der Waals surface area contributed by atoms with Crippen LogP contribution in [0.15, 0.2) is 60.7 Å². The summed E-state index contributed by atoms with van der Waals surface area (Å²) >= 11 is 0.